The number of aliphatic carboxylic acids is 1. The molecule has 0 fully saturated rings. The molecule has 0 aliphatic rings. The second kappa shape index (κ2) is 5.71. The highest BCUT2D eigenvalue weighted by atomic mass is 35.5. The highest BCUT2D eigenvalue weighted by molar-refractivity contribution is 6.30. The first-order valence-corrected chi connectivity index (χ1v) is 6.08. The van der Waals surface area contributed by atoms with Gasteiger partial charge in [-0.1, -0.05) is 35.9 Å². The normalized spacial score (nSPS) is 10.4. The number of hydrogen-bond acceptors (Lipinski definition) is 2. The van der Waals surface area contributed by atoms with Crippen molar-refractivity contribution in [3.05, 3.63) is 69.1 Å². The summed E-state index contributed by atoms with van der Waals surface area (Å²) in [6, 6.07) is 10.1. The monoisotopic (exact) mass is 277 g/mol. The molecule has 0 saturated carbocycles. The quantitative estimate of drug-likeness (QED) is 0.932. The maximum atomic E-state index is 11.6. The van der Waals surface area contributed by atoms with Crippen LogP contribution in [-0.4, -0.2) is 15.6 Å². The summed E-state index contributed by atoms with van der Waals surface area (Å²) >= 11 is 5.84. The van der Waals surface area contributed by atoms with Crippen molar-refractivity contribution < 1.29 is 9.90 Å². The fourth-order valence-electron chi connectivity index (χ4n) is 1.76. The Morgan fingerprint density at radius 2 is 1.74 bits per heavy atom. The Hall–Kier alpha value is -2.07. The molecule has 2 rings (SSSR count). The van der Waals surface area contributed by atoms with Crippen molar-refractivity contribution in [1.82, 2.24) is 4.57 Å². The van der Waals surface area contributed by atoms with Crippen molar-refractivity contribution in [2.75, 3.05) is 0 Å². The number of nitrogens with zero attached hydrogens (tertiary/aromatic N) is 1. The Kier molecular flexibility index (Phi) is 4.02. The van der Waals surface area contributed by atoms with Crippen LogP contribution in [-0.2, 0) is 17.8 Å². The molecule has 0 aliphatic carbocycles. The van der Waals surface area contributed by atoms with Crippen molar-refractivity contribution in [3.63, 3.8) is 0 Å². The minimum Gasteiger partial charge on any atom is -0.481 e. The van der Waals surface area contributed by atoms with Gasteiger partial charge in [0.1, 0.15) is 0 Å². The molecule has 0 aliphatic heterocycles. The summed E-state index contributed by atoms with van der Waals surface area (Å²) in [4.78, 5) is 22.2. The van der Waals surface area contributed by atoms with Crippen molar-refractivity contribution in [2.45, 2.75) is 13.0 Å². The summed E-state index contributed by atoms with van der Waals surface area (Å²) < 4.78 is 1.51. The van der Waals surface area contributed by atoms with Crippen LogP contribution in [0.5, 0.6) is 0 Å². The van der Waals surface area contributed by atoms with Gasteiger partial charge in [-0.3, -0.25) is 9.59 Å². The van der Waals surface area contributed by atoms with Crippen molar-refractivity contribution in [3.8, 4) is 0 Å². The molecule has 4 nitrogen and oxygen atoms in total. The number of benzene rings is 1. The lowest BCUT2D eigenvalue weighted by molar-refractivity contribution is -0.136. The summed E-state index contributed by atoms with van der Waals surface area (Å²) in [7, 11) is 0. The van der Waals surface area contributed by atoms with E-state index in [0.29, 0.717) is 11.6 Å². The van der Waals surface area contributed by atoms with Crippen LogP contribution >= 0.6 is 11.6 Å². The molecule has 2 aromatic rings. The number of hydrogen-bond donors (Lipinski definition) is 1. The lowest BCUT2D eigenvalue weighted by Crippen LogP contribution is -2.18. The van der Waals surface area contributed by atoms with Gasteiger partial charge in [-0.05, 0) is 17.2 Å². The largest absolute Gasteiger partial charge is 0.481 e. The summed E-state index contributed by atoms with van der Waals surface area (Å²) in [5, 5.41) is 9.18. The van der Waals surface area contributed by atoms with Crippen LogP contribution in [0.15, 0.2) is 47.4 Å². The van der Waals surface area contributed by atoms with Crippen LogP contribution in [0, 0.1) is 0 Å². The van der Waals surface area contributed by atoms with Crippen molar-refractivity contribution in [1.29, 1.82) is 0 Å². The van der Waals surface area contributed by atoms with E-state index in [1.54, 1.807) is 24.4 Å². The summed E-state index contributed by atoms with van der Waals surface area (Å²) in [6.45, 7) is 0.409. The number of rotatable bonds is 4. The molecule has 98 valence electrons. The number of carboxylic acids is 1. The van der Waals surface area contributed by atoms with Gasteiger partial charge in [0.2, 0.25) is 0 Å². The predicted molar refractivity (Wildman–Crippen MR) is 72.6 cm³/mol. The zero-order chi connectivity index (χ0) is 13.8. The molecule has 1 N–H and O–H groups in total. The topological polar surface area (TPSA) is 59.3 Å². The molecule has 1 heterocycles. The Balaban J connectivity index is 2.17. The Labute approximate surface area is 114 Å². The molecule has 0 atom stereocenters. The van der Waals surface area contributed by atoms with Crippen LogP contribution in [0.4, 0.5) is 0 Å². The summed E-state index contributed by atoms with van der Waals surface area (Å²) in [5.74, 6) is -0.862. The first-order chi connectivity index (χ1) is 9.04. The Morgan fingerprint density at radius 1 is 1.11 bits per heavy atom. The number of aromatic nitrogens is 1. The van der Waals surface area contributed by atoms with E-state index in [1.807, 2.05) is 12.1 Å². The van der Waals surface area contributed by atoms with E-state index in [4.69, 9.17) is 16.7 Å². The summed E-state index contributed by atoms with van der Waals surface area (Å²) in [5.41, 5.74) is 1.52. The van der Waals surface area contributed by atoms with Crippen LogP contribution < -0.4 is 5.56 Å². The third-order valence-electron chi connectivity index (χ3n) is 2.68. The molecule has 0 unspecified atom stereocenters. The van der Waals surface area contributed by atoms with Gasteiger partial charge in [0.05, 0.1) is 18.0 Å². The number of carboxylic acid groups (broad SMARTS) is 1. The van der Waals surface area contributed by atoms with Gasteiger partial charge in [0.15, 0.2) is 0 Å². The fraction of sp³-hybridized carbons (Fsp3) is 0.143. The van der Waals surface area contributed by atoms with Gasteiger partial charge in [-0.15, -0.1) is 0 Å². The highest BCUT2D eigenvalue weighted by Gasteiger charge is 2.02. The average molecular weight is 278 g/mol. The second-order valence-electron chi connectivity index (χ2n) is 4.20. The standard InChI is InChI=1S/C14H12ClNO3/c15-12-5-6-13(17)16(9-12)8-11-3-1-10(2-4-11)7-14(18)19/h1-6,9H,7-8H2,(H,18,19). The number of halogens is 1. The average Bonchev–Trinajstić information content (AvgIpc) is 2.35. The lowest BCUT2D eigenvalue weighted by Gasteiger charge is -2.06. The molecular formula is C14H12ClNO3. The zero-order valence-electron chi connectivity index (χ0n) is 10.0. The molecule has 0 spiro atoms. The van der Waals surface area contributed by atoms with Gasteiger partial charge in [0.25, 0.3) is 5.56 Å². The zero-order valence-corrected chi connectivity index (χ0v) is 10.8. The number of pyridine rings is 1. The molecule has 0 amide bonds. The molecule has 1 aromatic carbocycles. The molecule has 1 aromatic heterocycles. The van der Waals surface area contributed by atoms with Crippen LogP contribution in [0.3, 0.4) is 0 Å². The molecular weight excluding hydrogens is 266 g/mol. The van der Waals surface area contributed by atoms with E-state index in [9.17, 15) is 9.59 Å². The van der Waals surface area contributed by atoms with Crippen LogP contribution in [0.25, 0.3) is 0 Å². The van der Waals surface area contributed by atoms with E-state index in [1.165, 1.54) is 10.6 Å². The van der Waals surface area contributed by atoms with E-state index in [2.05, 4.69) is 0 Å². The van der Waals surface area contributed by atoms with Gasteiger partial charge in [0, 0.05) is 12.3 Å². The molecule has 0 radical (unpaired) electrons. The third kappa shape index (κ3) is 3.69. The first-order valence-electron chi connectivity index (χ1n) is 5.70. The van der Waals surface area contributed by atoms with Gasteiger partial charge in [-0.2, -0.15) is 0 Å². The SMILES string of the molecule is O=C(O)Cc1ccc(Cn2cc(Cl)ccc2=O)cc1. The Bertz CT molecular complexity index is 646. The van der Waals surface area contributed by atoms with Gasteiger partial charge < -0.3 is 9.67 Å². The van der Waals surface area contributed by atoms with Crippen LogP contribution in [0.1, 0.15) is 11.1 Å². The number of carbonyl (C=O) groups is 1. The second-order valence-corrected chi connectivity index (χ2v) is 4.64. The molecule has 0 bridgehead atoms. The van der Waals surface area contributed by atoms with Crippen molar-refractivity contribution in [2.24, 2.45) is 0 Å². The van der Waals surface area contributed by atoms with E-state index < -0.39 is 5.97 Å². The molecule has 0 saturated heterocycles. The minimum absolute atomic E-state index is 0.00259. The van der Waals surface area contributed by atoms with E-state index >= 15 is 0 Å². The molecule has 5 heteroatoms. The Morgan fingerprint density at radius 3 is 2.37 bits per heavy atom. The minimum atomic E-state index is -0.862. The lowest BCUT2D eigenvalue weighted by atomic mass is 10.1. The van der Waals surface area contributed by atoms with Crippen molar-refractivity contribution >= 4 is 17.6 Å². The first kappa shape index (κ1) is 13.4. The highest BCUT2D eigenvalue weighted by Crippen LogP contribution is 2.08. The maximum absolute atomic E-state index is 11.6. The fourth-order valence-corrected chi connectivity index (χ4v) is 1.94. The smallest absolute Gasteiger partial charge is 0.307 e. The predicted octanol–water partition coefficient (Wildman–Crippen LogP) is 2.18. The third-order valence-corrected chi connectivity index (χ3v) is 2.90. The summed E-state index contributed by atoms with van der Waals surface area (Å²) in [6.07, 6.45) is 1.58. The van der Waals surface area contributed by atoms with Gasteiger partial charge in [-0.25, -0.2) is 0 Å². The van der Waals surface area contributed by atoms with E-state index in [0.717, 1.165) is 11.1 Å². The van der Waals surface area contributed by atoms with Crippen LogP contribution in [0.2, 0.25) is 5.02 Å². The molecule has 19 heavy (non-hydrogen) atoms. The maximum Gasteiger partial charge on any atom is 0.307 e. The van der Waals surface area contributed by atoms with E-state index in [-0.39, 0.29) is 12.0 Å². The van der Waals surface area contributed by atoms with Gasteiger partial charge >= 0.3 is 5.97 Å².